The van der Waals surface area contributed by atoms with Crippen LogP contribution in [0.1, 0.15) is 0 Å². The summed E-state index contributed by atoms with van der Waals surface area (Å²) in [4.78, 5) is 10.6. The summed E-state index contributed by atoms with van der Waals surface area (Å²) >= 11 is 0. The lowest BCUT2D eigenvalue weighted by Gasteiger charge is -2.02. The summed E-state index contributed by atoms with van der Waals surface area (Å²) in [7, 11) is 0. The molecule has 13 heavy (non-hydrogen) atoms. The highest BCUT2D eigenvalue weighted by Crippen LogP contribution is 2.34. The molecule has 0 fully saturated rings. The predicted octanol–water partition coefficient (Wildman–Crippen LogP) is 1.19. The number of rotatable bonds is 1. The molecule has 0 spiro atoms. The maximum atomic E-state index is 10.6. The molecular weight excluding hydrogens is 170 g/mol. The zero-order valence-electron chi connectivity index (χ0n) is 6.87. The Bertz CT molecular complexity index is 349. The normalized spacial score (nSPS) is 12.7. The third-order valence-electron chi connectivity index (χ3n) is 1.66. The van der Waals surface area contributed by atoms with Crippen molar-refractivity contribution in [2.75, 3.05) is 12.1 Å². The van der Waals surface area contributed by atoms with E-state index in [4.69, 9.17) is 9.47 Å². The highest BCUT2D eigenvalue weighted by molar-refractivity contribution is 5.94. The third-order valence-corrected chi connectivity index (χ3v) is 1.66. The molecule has 1 radical (unpaired) electrons. The zero-order valence-corrected chi connectivity index (χ0v) is 6.87. The lowest BCUT2D eigenvalue weighted by atomic mass is 10.3. The van der Waals surface area contributed by atoms with Gasteiger partial charge in [0.2, 0.25) is 12.7 Å². The predicted molar refractivity (Wildman–Crippen MR) is 46.6 cm³/mol. The van der Waals surface area contributed by atoms with Gasteiger partial charge in [0, 0.05) is 18.7 Å². The quantitative estimate of drug-likeness (QED) is 0.702. The Morgan fingerprint density at radius 3 is 2.92 bits per heavy atom. The molecular formula is C9H8NO3. The summed E-state index contributed by atoms with van der Waals surface area (Å²) in [6.07, 6.45) is 0. The molecule has 0 unspecified atom stereocenters. The van der Waals surface area contributed by atoms with Crippen LogP contribution >= 0.6 is 0 Å². The number of carbonyl (C=O) groups excluding carboxylic acids is 1. The van der Waals surface area contributed by atoms with Crippen molar-refractivity contribution in [2.24, 2.45) is 0 Å². The van der Waals surface area contributed by atoms with Gasteiger partial charge in [-0.25, -0.2) is 0 Å². The van der Waals surface area contributed by atoms with Crippen molar-refractivity contribution in [3.63, 3.8) is 0 Å². The minimum Gasteiger partial charge on any atom is -0.454 e. The Kier molecular flexibility index (Phi) is 1.81. The maximum Gasteiger partial charge on any atom is 0.231 e. The minimum atomic E-state index is -0.348. The summed E-state index contributed by atoms with van der Waals surface area (Å²) < 4.78 is 10.2. The number of ether oxygens (including phenoxy) is 2. The van der Waals surface area contributed by atoms with E-state index >= 15 is 0 Å². The van der Waals surface area contributed by atoms with Crippen molar-refractivity contribution in [3.05, 3.63) is 25.1 Å². The van der Waals surface area contributed by atoms with Gasteiger partial charge in [0.1, 0.15) is 0 Å². The number of carbonyl (C=O) groups is 1. The van der Waals surface area contributed by atoms with E-state index in [-0.39, 0.29) is 12.7 Å². The molecule has 4 nitrogen and oxygen atoms in total. The van der Waals surface area contributed by atoms with Crippen LogP contribution in [0, 0.1) is 6.92 Å². The molecule has 1 amide bonds. The Morgan fingerprint density at radius 1 is 1.38 bits per heavy atom. The monoisotopic (exact) mass is 178 g/mol. The molecule has 0 aliphatic carbocycles. The van der Waals surface area contributed by atoms with Crippen LogP contribution in [-0.4, -0.2) is 12.7 Å². The van der Waals surface area contributed by atoms with Crippen LogP contribution in [0.3, 0.4) is 0 Å². The van der Waals surface area contributed by atoms with Gasteiger partial charge < -0.3 is 14.8 Å². The fourth-order valence-corrected chi connectivity index (χ4v) is 1.14. The van der Waals surface area contributed by atoms with E-state index < -0.39 is 0 Å². The Morgan fingerprint density at radius 2 is 2.15 bits per heavy atom. The molecule has 0 saturated heterocycles. The van der Waals surface area contributed by atoms with Crippen LogP contribution < -0.4 is 14.8 Å². The number of hydrogen-bond donors (Lipinski definition) is 1. The van der Waals surface area contributed by atoms with Crippen molar-refractivity contribution in [1.82, 2.24) is 0 Å². The topological polar surface area (TPSA) is 47.6 Å². The molecule has 0 atom stereocenters. The molecule has 67 valence electrons. The maximum absolute atomic E-state index is 10.6. The van der Waals surface area contributed by atoms with Gasteiger partial charge in [-0.2, -0.15) is 0 Å². The number of amides is 1. The average Bonchev–Trinajstić information content (AvgIpc) is 2.49. The van der Waals surface area contributed by atoms with Crippen molar-refractivity contribution in [1.29, 1.82) is 0 Å². The van der Waals surface area contributed by atoms with E-state index in [9.17, 15) is 4.79 Å². The van der Waals surface area contributed by atoms with Crippen LogP contribution in [0.25, 0.3) is 0 Å². The van der Waals surface area contributed by atoms with Crippen LogP contribution in [0.4, 0.5) is 5.69 Å². The molecule has 2 rings (SSSR count). The fraction of sp³-hybridized carbons (Fsp3) is 0.111. The van der Waals surface area contributed by atoms with Gasteiger partial charge in [-0.15, -0.1) is 0 Å². The number of nitrogens with one attached hydrogen (secondary N) is 1. The van der Waals surface area contributed by atoms with E-state index in [0.29, 0.717) is 17.2 Å². The molecule has 1 aromatic carbocycles. The van der Waals surface area contributed by atoms with E-state index in [1.807, 2.05) is 0 Å². The highest BCUT2D eigenvalue weighted by Gasteiger charge is 2.13. The first-order valence-corrected chi connectivity index (χ1v) is 3.78. The van der Waals surface area contributed by atoms with Crippen molar-refractivity contribution in [3.8, 4) is 11.5 Å². The van der Waals surface area contributed by atoms with E-state index in [1.165, 1.54) is 0 Å². The molecule has 4 heteroatoms. The molecule has 0 aromatic heterocycles. The smallest absolute Gasteiger partial charge is 0.231 e. The fourth-order valence-electron chi connectivity index (χ4n) is 1.14. The molecule has 0 saturated carbocycles. The van der Waals surface area contributed by atoms with Crippen molar-refractivity contribution < 1.29 is 14.3 Å². The van der Waals surface area contributed by atoms with Crippen LogP contribution in [0.2, 0.25) is 0 Å². The van der Waals surface area contributed by atoms with Gasteiger partial charge in [0.15, 0.2) is 11.5 Å². The summed E-state index contributed by atoms with van der Waals surface area (Å²) in [6.45, 7) is 3.44. The van der Waals surface area contributed by atoms with Crippen molar-refractivity contribution >= 4 is 11.6 Å². The molecule has 1 aliphatic heterocycles. The van der Waals surface area contributed by atoms with Crippen LogP contribution in [0.15, 0.2) is 18.2 Å². The average molecular weight is 178 g/mol. The van der Waals surface area contributed by atoms with Crippen LogP contribution in [0.5, 0.6) is 11.5 Å². The number of hydrogen-bond acceptors (Lipinski definition) is 3. The SMILES string of the molecule is [CH2]C(=O)Nc1ccc2c(c1)OCO2. The first kappa shape index (κ1) is 7.91. The number of fused-ring (bicyclic) bond motifs is 1. The van der Waals surface area contributed by atoms with Gasteiger partial charge in [-0.3, -0.25) is 4.79 Å². The molecule has 1 heterocycles. The first-order chi connectivity index (χ1) is 6.25. The summed E-state index contributed by atoms with van der Waals surface area (Å²) in [5.74, 6) is 0.993. The standard InChI is InChI=1S/C9H8NO3/c1-6(11)10-7-2-3-8-9(4-7)13-5-12-8/h2-4H,1,5H2,(H,10,11). The minimum absolute atomic E-state index is 0.233. The lowest BCUT2D eigenvalue weighted by molar-refractivity contribution is -0.112. The summed E-state index contributed by atoms with van der Waals surface area (Å²) in [5.41, 5.74) is 0.657. The first-order valence-electron chi connectivity index (χ1n) is 3.78. The summed E-state index contributed by atoms with van der Waals surface area (Å²) in [6, 6.07) is 5.18. The second-order valence-electron chi connectivity index (χ2n) is 2.62. The Hall–Kier alpha value is -1.71. The van der Waals surface area contributed by atoms with Gasteiger partial charge in [0.25, 0.3) is 0 Å². The number of anilines is 1. The Balaban J connectivity index is 2.25. The zero-order chi connectivity index (χ0) is 9.26. The van der Waals surface area contributed by atoms with Crippen molar-refractivity contribution in [2.45, 2.75) is 0 Å². The second kappa shape index (κ2) is 2.97. The summed E-state index contributed by atoms with van der Waals surface area (Å²) in [5, 5.41) is 2.55. The van der Waals surface area contributed by atoms with Gasteiger partial charge in [-0.05, 0) is 12.1 Å². The molecule has 1 aromatic rings. The molecule has 1 aliphatic rings. The second-order valence-corrected chi connectivity index (χ2v) is 2.62. The van der Waals surface area contributed by atoms with E-state index in [2.05, 4.69) is 12.2 Å². The highest BCUT2D eigenvalue weighted by atomic mass is 16.7. The largest absolute Gasteiger partial charge is 0.454 e. The van der Waals surface area contributed by atoms with Gasteiger partial charge >= 0.3 is 0 Å². The molecule has 0 bridgehead atoms. The van der Waals surface area contributed by atoms with Gasteiger partial charge in [-0.1, -0.05) is 0 Å². The lowest BCUT2D eigenvalue weighted by Crippen LogP contribution is -2.05. The van der Waals surface area contributed by atoms with Gasteiger partial charge in [0.05, 0.1) is 0 Å². The third kappa shape index (κ3) is 1.56. The number of benzene rings is 1. The van der Waals surface area contributed by atoms with Crippen LogP contribution in [-0.2, 0) is 4.79 Å². The molecule has 1 N–H and O–H groups in total. The Labute approximate surface area is 75.5 Å². The van der Waals surface area contributed by atoms with E-state index in [0.717, 1.165) is 0 Å². The van der Waals surface area contributed by atoms with E-state index in [1.54, 1.807) is 18.2 Å².